The summed E-state index contributed by atoms with van der Waals surface area (Å²) in [6.45, 7) is 4.74. The second kappa shape index (κ2) is 13.4. The molecule has 0 saturated heterocycles. The van der Waals surface area contributed by atoms with Crippen LogP contribution in [0.1, 0.15) is 25.0 Å². The Labute approximate surface area is 353 Å². The Morgan fingerprint density at radius 2 is 1.00 bits per heavy atom. The second-order valence-electron chi connectivity index (χ2n) is 16.5. The van der Waals surface area contributed by atoms with E-state index in [9.17, 15) is 0 Å². The summed E-state index contributed by atoms with van der Waals surface area (Å²) in [5, 5.41) is 7.52. The van der Waals surface area contributed by atoms with E-state index in [0.29, 0.717) is 5.82 Å². The third-order valence-corrected chi connectivity index (χ3v) is 13.8. The quantitative estimate of drug-likeness (QED) is 0.174. The third kappa shape index (κ3) is 5.40. The summed E-state index contributed by atoms with van der Waals surface area (Å²) in [6, 6.07) is 70.6. The Kier molecular flexibility index (Phi) is 7.79. The minimum Gasteiger partial charge on any atom is -0.228 e. The van der Waals surface area contributed by atoms with Crippen LogP contribution in [-0.4, -0.2) is 9.97 Å². The van der Waals surface area contributed by atoms with Crippen LogP contribution >= 0.6 is 11.3 Å². The van der Waals surface area contributed by atoms with Gasteiger partial charge in [0.25, 0.3) is 0 Å². The van der Waals surface area contributed by atoms with Gasteiger partial charge in [0.1, 0.15) is 0 Å². The molecule has 0 unspecified atom stereocenters. The van der Waals surface area contributed by atoms with Crippen molar-refractivity contribution in [2.75, 3.05) is 0 Å². The lowest BCUT2D eigenvalue weighted by atomic mass is 9.81. The lowest BCUT2D eigenvalue weighted by Gasteiger charge is -2.22. The first-order valence-electron chi connectivity index (χ1n) is 20.6. The van der Waals surface area contributed by atoms with Crippen molar-refractivity contribution in [3.63, 3.8) is 0 Å². The monoisotopic (exact) mass is 782 g/mol. The van der Waals surface area contributed by atoms with Crippen molar-refractivity contribution >= 4 is 53.1 Å². The summed E-state index contributed by atoms with van der Waals surface area (Å²) < 4.78 is 2.60. The molecule has 1 aliphatic carbocycles. The first kappa shape index (κ1) is 34.8. The Morgan fingerprint density at radius 1 is 0.383 bits per heavy atom. The van der Waals surface area contributed by atoms with Crippen LogP contribution in [0.2, 0.25) is 0 Å². The van der Waals surface area contributed by atoms with Crippen LogP contribution in [-0.2, 0) is 5.41 Å². The summed E-state index contributed by atoms with van der Waals surface area (Å²) in [6.07, 6.45) is 0. The molecule has 11 aromatic rings. The number of aromatic nitrogens is 2. The average molecular weight is 783 g/mol. The van der Waals surface area contributed by atoms with Gasteiger partial charge in [-0.2, -0.15) is 0 Å². The fraction of sp³-hybridized carbons (Fsp3) is 0.0526. The fourth-order valence-electron chi connectivity index (χ4n) is 9.77. The van der Waals surface area contributed by atoms with Gasteiger partial charge >= 0.3 is 0 Å². The number of hydrogen-bond acceptors (Lipinski definition) is 3. The average Bonchev–Trinajstić information content (AvgIpc) is 3.80. The van der Waals surface area contributed by atoms with E-state index in [-0.39, 0.29) is 5.41 Å². The first-order valence-corrected chi connectivity index (χ1v) is 21.5. The molecule has 0 fully saturated rings. The molecule has 3 heteroatoms. The van der Waals surface area contributed by atoms with Gasteiger partial charge in [0.05, 0.1) is 11.4 Å². The molecule has 0 bridgehead atoms. The number of thiophene rings is 1. The highest BCUT2D eigenvalue weighted by atomic mass is 32.1. The van der Waals surface area contributed by atoms with E-state index in [2.05, 4.69) is 202 Å². The van der Waals surface area contributed by atoms with Crippen molar-refractivity contribution in [1.82, 2.24) is 9.97 Å². The maximum absolute atomic E-state index is 5.33. The predicted molar refractivity (Wildman–Crippen MR) is 255 cm³/mol. The lowest BCUT2D eigenvalue weighted by molar-refractivity contribution is 0.661. The lowest BCUT2D eigenvalue weighted by Crippen LogP contribution is -2.14. The van der Waals surface area contributed by atoms with Crippen molar-refractivity contribution in [3.8, 4) is 67.3 Å². The van der Waals surface area contributed by atoms with E-state index < -0.39 is 0 Å². The minimum atomic E-state index is -0.118. The van der Waals surface area contributed by atoms with Gasteiger partial charge in [-0.05, 0) is 102 Å². The Morgan fingerprint density at radius 3 is 1.85 bits per heavy atom. The van der Waals surface area contributed by atoms with Gasteiger partial charge in [-0.25, -0.2) is 9.97 Å². The molecule has 12 rings (SSSR count). The van der Waals surface area contributed by atoms with E-state index in [4.69, 9.17) is 9.97 Å². The molecule has 0 amide bonds. The molecule has 60 heavy (non-hydrogen) atoms. The van der Waals surface area contributed by atoms with Crippen LogP contribution in [0.3, 0.4) is 0 Å². The number of fused-ring (bicyclic) bond motifs is 8. The first-order chi connectivity index (χ1) is 29.5. The Balaban J connectivity index is 1.04. The summed E-state index contributed by atoms with van der Waals surface area (Å²) in [5.41, 5.74) is 15.1. The summed E-state index contributed by atoms with van der Waals surface area (Å²) in [7, 11) is 0. The van der Waals surface area contributed by atoms with Gasteiger partial charge < -0.3 is 0 Å². The zero-order chi connectivity index (χ0) is 40.0. The zero-order valence-corrected chi connectivity index (χ0v) is 34.1. The van der Waals surface area contributed by atoms with E-state index in [1.165, 1.54) is 80.8 Å². The molecule has 0 radical (unpaired) electrons. The molecule has 0 N–H and O–H groups in total. The Bertz CT molecular complexity index is 3520. The van der Waals surface area contributed by atoms with Gasteiger partial charge in [0.15, 0.2) is 5.82 Å². The number of rotatable bonds is 5. The highest BCUT2D eigenvalue weighted by Gasteiger charge is 2.37. The van der Waals surface area contributed by atoms with E-state index >= 15 is 0 Å². The van der Waals surface area contributed by atoms with Crippen LogP contribution in [0.15, 0.2) is 194 Å². The molecular weight excluding hydrogens is 745 g/mol. The molecule has 1 aliphatic rings. The maximum Gasteiger partial charge on any atom is 0.160 e. The predicted octanol–water partition coefficient (Wildman–Crippen LogP) is 15.8. The van der Waals surface area contributed by atoms with Crippen molar-refractivity contribution in [3.05, 3.63) is 205 Å². The normalized spacial score (nSPS) is 13.0. The van der Waals surface area contributed by atoms with Crippen LogP contribution in [0.25, 0.3) is 109 Å². The van der Waals surface area contributed by atoms with Crippen LogP contribution < -0.4 is 0 Å². The molecule has 2 nitrogen and oxygen atoms in total. The molecule has 9 aromatic carbocycles. The van der Waals surface area contributed by atoms with E-state index in [1.54, 1.807) is 0 Å². The van der Waals surface area contributed by atoms with Gasteiger partial charge in [0, 0.05) is 42.3 Å². The SMILES string of the molecule is CC1(C)c2cc3ccccc3cc2-c2c(-c3ccc(-c4cc(-c5cccc(-c6cccc7sc8ccccc8c67)c5)nc(-c5ccccc5)n4)c4ccccc34)cccc21. The highest BCUT2D eigenvalue weighted by Crippen LogP contribution is 2.54. The summed E-state index contributed by atoms with van der Waals surface area (Å²) in [5.74, 6) is 0.708. The van der Waals surface area contributed by atoms with Crippen LogP contribution in [0.4, 0.5) is 0 Å². The fourth-order valence-corrected chi connectivity index (χ4v) is 10.9. The standard InChI is InChI=1S/C57H38N2S/c1-57(2)48-26-13-25-45(54(48)47-32-36-17-6-7-18-37(36)33-49(47)57)43-29-30-44(42-22-9-8-21-41(42)43)51-34-50(58-56(59-51)35-15-4-3-5-16-35)39-20-12-19-38(31-39)40-24-14-28-53-55(40)46-23-10-11-27-52(46)60-53/h3-34H,1-2H3. The molecular formula is C57H38N2S. The number of nitrogens with zero attached hydrogens (tertiary/aromatic N) is 2. The molecule has 2 heterocycles. The van der Waals surface area contributed by atoms with Crippen molar-refractivity contribution in [2.24, 2.45) is 0 Å². The van der Waals surface area contributed by atoms with E-state index in [1.807, 2.05) is 17.4 Å². The van der Waals surface area contributed by atoms with Gasteiger partial charge in [0.2, 0.25) is 0 Å². The molecule has 282 valence electrons. The Hall–Kier alpha value is -7.20. The highest BCUT2D eigenvalue weighted by molar-refractivity contribution is 7.25. The molecule has 0 spiro atoms. The molecule has 0 aliphatic heterocycles. The van der Waals surface area contributed by atoms with Crippen molar-refractivity contribution < 1.29 is 0 Å². The number of benzene rings is 9. The zero-order valence-electron chi connectivity index (χ0n) is 33.3. The molecule has 0 saturated carbocycles. The van der Waals surface area contributed by atoms with Crippen molar-refractivity contribution in [2.45, 2.75) is 19.3 Å². The number of hydrogen-bond donors (Lipinski definition) is 0. The summed E-state index contributed by atoms with van der Waals surface area (Å²) >= 11 is 1.85. The minimum absolute atomic E-state index is 0.118. The molecule has 0 atom stereocenters. The topological polar surface area (TPSA) is 25.8 Å². The smallest absolute Gasteiger partial charge is 0.160 e. The summed E-state index contributed by atoms with van der Waals surface area (Å²) in [4.78, 5) is 10.6. The van der Waals surface area contributed by atoms with Gasteiger partial charge in [-0.3, -0.25) is 0 Å². The second-order valence-corrected chi connectivity index (χ2v) is 17.6. The van der Waals surface area contributed by atoms with Crippen LogP contribution in [0.5, 0.6) is 0 Å². The maximum atomic E-state index is 5.33. The van der Waals surface area contributed by atoms with Gasteiger partial charge in [-0.1, -0.05) is 172 Å². The third-order valence-electron chi connectivity index (χ3n) is 12.7. The molecule has 2 aromatic heterocycles. The largest absolute Gasteiger partial charge is 0.228 e. The van der Waals surface area contributed by atoms with Gasteiger partial charge in [-0.15, -0.1) is 11.3 Å². The van der Waals surface area contributed by atoms with Crippen LogP contribution in [0, 0.1) is 0 Å². The van der Waals surface area contributed by atoms with E-state index in [0.717, 1.165) is 33.5 Å². The van der Waals surface area contributed by atoms with Crippen molar-refractivity contribution in [1.29, 1.82) is 0 Å².